The molecule has 0 aliphatic heterocycles. The Labute approximate surface area is 121 Å². The highest BCUT2D eigenvalue weighted by molar-refractivity contribution is 7.86. The molecule has 0 aliphatic carbocycles. The molecule has 1 N–H and O–H groups in total. The maximum Gasteiger partial charge on any atom is 0.336 e. The number of carbonyl (C=O) groups is 1. The highest BCUT2D eigenvalue weighted by Crippen LogP contribution is 2.24. The molecule has 0 aliphatic rings. The second-order valence-electron chi connectivity index (χ2n) is 4.34. The Morgan fingerprint density at radius 3 is 2.42 bits per heavy atom. The van der Waals surface area contributed by atoms with Gasteiger partial charge in [0.05, 0.1) is 0 Å². The standard InChI is InChI=1S/C11H12Cl2O5S/c1-11(2,10(14)15)18-19(16,17)6-7-3-4-8(12)5-9(7)13/h3-5H,6H2,1-2H3,(H,14,15). The molecule has 106 valence electrons. The van der Waals surface area contributed by atoms with Gasteiger partial charge < -0.3 is 5.11 Å². The van der Waals surface area contributed by atoms with E-state index in [9.17, 15) is 13.2 Å². The van der Waals surface area contributed by atoms with E-state index in [0.29, 0.717) is 5.02 Å². The van der Waals surface area contributed by atoms with E-state index in [1.54, 1.807) is 0 Å². The van der Waals surface area contributed by atoms with Crippen LogP contribution in [-0.4, -0.2) is 25.1 Å². The van der Waals surface area contributed by atoms with Crippen molar-refractivity contribution >= 4 is 39.3 Å². The lowest BCUT2D eigenvalue weighted by atomic mass is 10.1. The smallest absolute Gasteiger partial charge is 0.336 e. The molecule has 8 heteroatoms. The average molecular weight is 327 g/mol. The molecular formula is C11H12Cl2O5S. The molecule has 5 nitrogen and oxygen atoms in total. The molecule has 0 bridgehead atoms. The summed E-state index contributed by atoms with van der Waals surface area (Å²) in [6, 6.07) is 4.33. The molecule has 0 radical (unpaired) electrons. The van der Waals surface area contributed by atoms with Gasteiger partial charge in [-0.1, -0.05) is 29.3 Å². The van der Waals surface area contributed by atoms with Crippen molar-refractivity contribution in [1.82, 2.24) is 0 Å². The molecule has 0 unspecified atom stereocenters. The van der Waals surface area contributed by atoms with Crippen LogP contribution in [0.2, 0.25) is 10.0 Å². The molecule has 0 amide bonds. The summed E-state index contributed by atoms with van der Waals surface area (Å²) >= 11 is 11.5. The van der Waals surface area contributed by atoms with E-state index in [0.717, 1.165) is 13.8 Å². The van der Waals surface area contributed by atoms with Crippen LogP contribution in [0.4, 0.5) is 0 Å². The molecule has 0 saturated heterocycles. The van der Waals surface area contributed by atoms with Crippen LogP contribution in [0.15, 0.2) is 18.2 Å². The van der Waals surface area contributed by atoms with Crippen LogP contribution in [0.1, 0.15) is 19.4 Å². The summed E-state index contributed by atoms with van der Waals surface area (Å²) < 4.78 is 28.2. The average Bonchev–Trinajstić information content (AvgIpc) is 2.20. The number of hydrogen-bond acceptors (Lipinski definition) is 4. The van der Waals surface area contributed by atoms with Crippen LogP contribution in [-0.2, 0) is 24.8 Å². The Bertz CT molecular complexity index is 595. The van der Waals surface area contributed by atoms with Gasteiger partial charge in [-0.15, -0.1) is 0 Å². The van der Waals surface area contributed by atoms with E-state index in [4.69, 9.17) is 28.3 Å². The number of aliphatic carboxylic acids is 1. The Morgan fingerprint density at radius 2 is 1.95 bits per heavy atom. The van der Waals surface area contributed by atoms with Gasteiger partial charge in [0.15, 0.2) is 5.60 Å². The van der Waals surface area contributed by atoms with Crippen LogP contribution >= 0.6 is 23.2 Å². The lowest BCUT2D eigenvalue weighted by molar-refractivity contribution is -0.151. The first-order valence-corrected chi connectivity index (χ1v) is 7.47. The fourth-order valence-electron chi connectivity index (χ4n) is 1.21. The van der Waals surface area contributed by atoms with Crippen LogP contribution in [0.3, 0.4) is 0 Å². The number of halogens is 2. The number of carboxylic acid groups (broad SMARTS) is 1. The SMILES string of the molecule is CC(C)(OS(=O)(=O)Cc1ccc(Cl)cc1Cl)C(=O)O. The first-order valence-electron chi connectivity index (χ1n) is 5.14. The molecule has 0 spiro atoms. The van der Waals surface area contributed by atoms with Crippen LogP contribution in [0, 0.1) is 0 Å². The lowest BCUT2D eigenvalue weighted by Gasteiger charge is -2.19. The lowest BCUT2D eigenvalue weighted by Crippen LogP contribution is -2.37. The molecule has 1 aromatic carbocycles. The predicted octanol–water partition coefficient (Wildman–Crippen LogP) is 2.70. The Morgan fingerprint density at radius 1 is 1.37 bits per heavy atom. The van der Waals surface area contributed by atoms with Crippen molar-refractivity contribution in [1.29, 1.82) is 0 Å². The van der Waals surface area contributed by atoms with E-state index in [1.807, 2.05) is 0 Å². The fraction of sp³-hybridized carbons (Fsp3) is 0.364. The van der Waals surface area contributed by atoms with Gasteiger partial charge in [0.2, 0.25) is 0 Å². The van der Waals surface area contributed by atoms with Gasteiger partial charge in [0.25, 0.3) is 10.1 Å². The summed E-state index contributed by atoms with van der Waals surface area (Å²) in [5.74, 6) is -1.90. The summed E-state index contributed by atoms with van der Waals surface area (Å²) in [5.41, 5.74) is -1.55. The largest absolute Gasteiger partial charge is 0.479 e. The molecule has 19 heavy (non-hydrogen) atoms. The fourth-order valence-corrected chi connectivity index (χ4v) is 3.16. The van der Waals surface area contributed by atoms with E-state index in [-0.39, 0.29) is 10.6 Å². The van der Waals surface area contributed by atoms with Gasteiger partial charge in [-0.05, 0) is 31.5 Å². The van der Waals surface area contributed by atoms with Gasteiger partial charge in [-0.25, -0.2) is 4.79 Å². The summed E-state index contributed by atoms with van der Waals surface area (Å²) in [6.07, 6.45) is 0. The number of rotatable bonds is 5. The van der Waals surface area contributed by atoms with E-state index in [2.05, 4.69) is 4.18 Å². The Balaban J connectivity index is 2.95. The second kappa shape index (κ2) is 5.66. The zero-order chi connectivity index (χ0) is 14.8. The van der Waals surface area contributed by atoms with E-state index >= 15 is 0 Å². The third-order valence-electron chi connectivity index (χ3n) is 2.20. The minimum atomic E-state index is -4.08. The zero-order valence-corrected chi connectivity index (χ0v) is 12.5. The topological polar surface area (TPSA) is 80.7 Å². The van der Waals surface area contributed by atoms with Crippen molar-refractivity contribution in [3.05, 3.63) is 33.8 Å². The third-order valence-corrected chi connectivity index (χ3v) is 4.12. The van der Waals surface area contributed by atoms with E-state index < -0.39 is 27.4 Å². The van der Waals surface area contributed by atoms with Gasteiger partial charge >= 0.3 is 5.97 Å². The minimum absolute atomic E-state index is 0.174. The van der Waals surface area contributed by atoms with Crippen molar-refractivity contribution in [2.24, 2.45) is 0 Å². The predicted molar refractivity (Wildman–Crippen MR) is 71.9 cm³/mol. The summed E-state index contributed by atoms with van der Waals surface area (Å²) in [6.45, 7) is 2.30. The Kier molecular flexibility index (Phi) is 4.84. The van der Waals surface area contributed by atoms with Crippen molar-refractivity contribution in [2.75, 3.05) is 0 Å². The second-order valence-corrected chi connectivity index (χ2v) is 6.75. The highest BCUT2D eigenvalue weighted by Gasteiger charge is 2.34. The maximum atomic E-state index is 11.8. The van der Waals surface area contributed by atoms with Gasteiger partial charge in [-0.2, -0.15) is 8.42 Å². The van der Waals surface area contributed by atoms with Crippen LogP contribution in [0.25, 0.3) is 0 Å². The van der Waals surface area contributed by atoms with Crippen molar-refractivity contribution < 1.29 is 22.5 Å². The molecule has 0 fully saturated rings. The maximum absolute atomic E-state index is 11.8. The van der Waals surface area contributed by atoms with Crippen molar-refractivity contribution in [3.8, 4) is 0 Å². The van der Waals surface area contributed by atoms with Crippen molar-refractivity contribution in [2.45, 2.75) is 25.2 Å². The monoisotopic (exact) mass is 326 g/mol. The zero-order valence-electron chi connectivity index (χ0n) is 10.2. The third kappa shape index (κ3) is 4.65. The van der Waals surface area contributed by atoms with Crippen LogP contribution < -0.4 is 0 Å². The van der Waals surface area contributed by atoms with E-state index in [1.165, 1.54) is 18.2 Å². The molecule has 0 aromatic heterocycles. The summed E-state index contributed by atoms with van der Waals surface area (Å²) in [4.78, 5) is 10.8. The first-order chi connectivity index (χ1) is 8.53. The number of benzene rings is 1. The normalized spacial score (nSPS) is 12.4. The van der Waals surface area contributed by atoms with Gasteiger partial charge in [0, 0.05) is 10.0 Å². The van der Waals surface area contributed by atoms with Gasteiger partial charge in [0.1, 0.15) is 5.75 Å². The molecule has 0 atom stereocenters. The molecule has 0 saturated carbocycles. The number of hydrogen-bond donors (Lipinski definition) is 1. The molecular weight excluding hydrogens is 315 g/mol. The van der Waals surface area contributed by atoms with Gasteiger partial charge in [-0.3, -0.25) is 4.18 Å². The summed E-state index contributed by atoms with van der Waals surface area (Å²) in [7, 11) is -4.08. The van der Waals surface area contributed by atoms with Crippen molar-refractivity contribution in [3.63, 3.8) is 0 Å². The molecule has 1 rings (SSSR count). The Hall–Kier alpha value is -0.820. The first kappa shape index (κ1) is 16.2. The minimum Gasteiger partial charge on any atom is -0.479 e. The summed E-state index contributed by atoms with van der Waals surface area (Å²) in [5, 5.41) is 9.38. The number of carboxylic acids is 1. The molecule has 1 aromatic rings. The molecule has 0 heterocycles. The highest BCUT2D eigenvalue weighted by atomic mass is 35.5. The quantitative estimate of drug-likeness (QED) is 0.841. The van der Waals surface area contributed by atoms with Crippen LogP contribution in [0.5, 0.6) is 0 Å².